The monoisotopic (exact) mass is 370 g/mol. The summed E-state index contributed by atoms with van der Waals surface area (Å²) in [7, 11) is 1.77. The standard InChI is InChI=1S/C20H22N2O3S/c1-4-24-16-10-6-7-11-17(16)25-13-19(23)22(3)14(2)20-21-15-9-5-8-12-18(15)26-20/h5-12,14H,4,13H2,1-3H3/t14-/m1/s1. The van der Waals surface area contributed by atoms with Crippen molar-refractivity contribution >= 4 is 27.5 Å². The van der Waals surface area contributed by atoms with Gasteiger partial charge in [0.2, 0.25) is 0 Å². The highest BCUT2D eigenvalue weighted by Gasteiger charge is 2.21. The molecule has 2 aromatic carbocycles. The molecule has 1 heterocycles. The van der Waals surface area contributed by atoms with E-state index in [1.54, 1.807) is 29.4 Å². The maximum Gasteiger partial charge on any atom is 0.260 e. The maximum absolute atomic E-state index is 12.6. The second-order valence-corrected chi connectivity index (χ2v) is 6.93. The number of ether oxygens (including phenoxy) is 2. The average Bonchev–Trinajstić information content (AvgIpc) is 3.10. The minimum absolute atomic E-state index is 0.0458. The van der Waals surface area contributed by atoms with E-state index in [0.29, 0.717) is 18.1 Å². The first-order valence-corrected chi connectivity index (χ1v) is 9.37. The number of aromatic nitrogens is 1. The summed E-state index contributed by atoms with van der Waals surface area (Å²) in [4.78, 5) is 18.9. The van der Waals surface area contributed by atoms with Crippen molar-refractivity contribution in [1.82, 2.24) is 9.88 Å². The Balaban J connectivity index is 1.65. The van der Waals surface area contributed by atoms with Gasteiger partial charge in [0.1, 0.15) is 5.01 Å². The van der Waals surface area contributed by atoms with Gasteiger partial charge in [-0.3, -0.25) is 4.79 Å². The van der Waals surface area contributed by atoms with Crippen LogP contribution in [0.15, 0.2) is 48.5 Å². The average molecular weight is 370 g/mol. The largest absolute Gasteiger partial charge is 0.490 e. The summed E-state index contributed by atoms with van der Waals surface area (Å²) in [5, 5.41) is 0.914. The molecule has 0 spiro atoms. The third kappa shape index (κ3) is 3.96. The molecule has 1 atom stereocenters. The van der Waals surface area contributed by atoms with Crippen molar-refractivity contribution in [3.63, 3.8) is 0 Å². The fourth-order valence-electron chi connectivity index (χ4n) is 2.54. The van der Waals surface area contributed by atoms with Gasteiger partial charge in [-0.25, -0.2) is 4.98 Å². The summed E-state index contributed by atoms with van der Waals surface area (Å²) >= 11 is 1.61. The second kappa shape index (κ2) is 8.19. The molecule has 0 bridgehead atoms. The molecule has 0 radical (unpaired) electrons. The van der Waals surface area contributed by atoms with Gasteiger partial charge in [-0.1, -0.05) is 24.3 Å². The first-order valence-electron chi connectivity index (χ1n) is 8.56. The summed E-state index contributed by atoms with van der Waals surface area (Å²) in [6, 6.07) is 15.2. The van der Waals surface area contributed by atoms with E-state index in [4.69, 9.17) is 9.47 Å². The van der Waals surface area contributed by atoms with Crippen LogP contribution in [-0.2, 0) is 4.79 Å². The number of fused-ring (bicyclic) bond motifs is 1. The van der Waals surface area contributed by atoms with E-state index in [9.17, 15) is 4.79 Å². The Hall–Kier alpha value is -2.60. The Labute approximate surface area is 157 Å². The Morgan fingerprint density at radius 2 is 1.77 bits per heavy atom. The lowest BCUT2D eigenvalue weighted by Gasteiger charge is -2.23. The van der Waals surface area contributed by atoms with Gasteiger partial charge in [0, 0.05) is 7.05 Å². The molecular weight excluding hydrogens is 348 g/mol. The number of benzene rings is 2. The SMILES string of the molecule is CCOc1ccccc1OCC(=O)N(C)[C@H](C)c1nc2ccccc2s1. The van der Waals surface area contributed by atoms with Crippen LogP contribution in [0.25, 0.3) is 10.2 Å². The topological polar surface area (TPSA) is 51.7 Å². The maximum atomic E-state index is 12.6. The van der Waals surface area contributed by atoms with Crippen LogP contribution in [0, 0.1) is 0 Å². The van der Waals surface area contributed by atoms with Crippen LogP contribution < -0.4 is 9.47 Å². The molecule has 3 aromatic rings. The van der Waals surface area contributed by atoms with E-state index < -0.39 is 0 Å². The molecule has 1 amide bonds. The number of para-hydroxylation sites is 3. The molecule has 0 saturated heterocycles. The van der Waals surface area contributed by atoms with E-state index >= 15 is 0 Å². The molecule has 3 rings (SSSR count). The quantitative estimate of drug-likeness (QED) is 0.622. The van der Waals surface area contributed by atoms with Crippen molar-refractivity contribution in [1.29, 1.82) is 0 Å². The summed E-state index contributed by atoms with van der Waals surface area (Å²) in [5.41, 5.74) is 0.960. The van der Waals surface area contributed by atoms with Gasteiger partial charge in [0.25, 0.3) is 5.91 Å². The molecule has 0 saturated carbocycles. The summed E-state index contributed by atoms with van der Waals surface area (Å²) in [5.74, 6) is 1.11. The van der Waals surface area contributed by atoms with E-state index in [2.05, 4.69) is 4.98 Å². The number of rotatable bonds is 7. The number of nitrogens with zero attached hydrogens (tertiary/aromatic N) is 2. The lowest BCUT2D eigenvalue weighted by molar-refractivity contribution is -0.134. The normalized spacial score (nSPS) is 12.0. The molecule has 1 aromatic heterocycles. The molecule has 5 nitrogen and oxygen atoms in total. The van der Waals surface area contributed by atoms with E-state index in [-0.39, 0.29) is 18.6 Å². The summed E-state index contributed by atoms with van der Waals surface area (Å²) < 4.78 is 12.3. The number of hydrogen-bond donors (Lipinski definition) is 0. The van der Waals surface area contributed by atoms with Crippen LogP contribution in [0.4, 0.5) is 0 Å². The Bertz CT molecular complexity index is 860. The van der Waals surface area contributed by atoms with Crippen LogP contribution in [-0.4, -0.2) is 36.1 Å². The predicted molar refractivity (Wildman–Crippen MR) is 104 cm³/mol. The minimum Gasteiger partial charge on any atom is -0.490 e. The van der Waals surface area contributed by atoms with Crippen LogP contribution in [0.3, 0.4) is 0 Å². The molecule has 0 N–H and O–H groups in total. The fourth-order valence-corrected chi connectivity index (χ4v) is 3.60. The lowest BCUT2D eigenvalue weighted by atomic mass is 10.3. The van der Waals surface area contributed by atoms with Gasteiger partial charge in [-0.15, -0.1) is 11.3 Å². The van der Waals surface area contributed by atoms with Crippen LogP contribution >= 0.6 is 11.3 Å². The number of hydrogen-bond acceptors (Lipinski definition) is 5. The zero-order chi connectivity index (χ0) is 18.5. The lowest BCUT2D eigenvalue weighted by Crippen LogP contribution is -2.33. The molecule has 26 heavy (non-hydrogen) atoms. The van der Waals surface area contributed by atoms with Gasteiger partial charge in [0.05, 0.1) is 22.9 Å². The summed E-state index contributed by atoms with van der Waals surface area (Å²) in [6.45, 7) is 4.39. The first-order chi connectivity index (χ1) is 12.6. The van der Waals surface area contributed by atoms with Gasteiger partial charge in [-0.2, -0.15) is 0 Å². The Kier molecular flexibility index (Phi) is 5.73. The van der Waals surface area contributed by atoms with E-state index in [1.165, 1.54) is 0 Å². The molecule has 0 aliphatic carbocycles. The molecular formula is C20H22N2O3S. The van der Waals surface area contributed by atoms with Gasteiger partial charge >= 0.3 is 0 Å². The number of amides is 1. The van der Waals surface area contributed by atoms with Crippen molar-refractivity contribution in [2.75, 3.05) is 20.3 Å². The zero-order valence-corrected chi connectivity index (χ0v) is 16.0. The minimum atomic E-state index is -0.120. The van der Waals surface area contributed by atoms with E-state index in [1.807, 2.05) is 56.3 Å². The smallest absolute Gasteiger partial charge is 0.260 e. The van der Waals surface area contributed by atoms with Gasteiger partial charge < -0.3 is 14.4 Å². The molecule has 0 aliphatic rings. The molecule has 0 unspecified atom stereocenters. The number of carbonyl (C=O) groups excluding carboxylic acids is 1. The number of carbonyl (C=O) groups is 1. The van der Waals surface area contributed by atoms with Crippen molar-refractivity contribution in [2.24, 2.45) is 0 Å². The van der Waals surface area contributed by atoms with Crippen LogP contribution in [0.1, 0.15) is 24.9 Å². The first kappa shape index (κ1) is 18.2. The second-order valence-electron chi connectivity index (χ2n) is 5.87. The van der Waals surface area contributed by atoms with Crippen molar-refractivity contribution in [2.45, 2.75) is 19.9 Å². The highest BCUT2D eigenvalue weighted by Crippen LogP contribution is 2.29. The van der Waals surface area contributed by atoms with Gasteiger partial charge in [-0.05, 0) is 38.1 Å². The molecule has 136 valence electrons. The Morgan fingerprint density at radius 3 is 2.46 bits per heavy atom. The van der Waals surface area contributed by atoms with Crippen molar-refractivity contribution in [3.05, 3.63) is 53.5 Å². The zero-order valence-electron chi connectivity index (χ0n) is 15.1. The van der Waals surface area contributed by atoms with Crippen molar-refractivity contribution < 1.29 is 14.3 Å². The molecule has 0 fully saturated rings. The van der Waals surface area contributed by atoms with Crippen LogP contribution in [0.5, 0.6) is 11.5 Å². The molecule has 6 heteroatoms. The van der Waals surface area contributed by atoms with Gasteiger partial charge in [0.15, 0.2) is 18.1 Å². The number of likely N-dealkylation sites (N-methyl/N-ethyl adjacent to an activating group) is 1. The highest BCUT2D eigenvalue weighted by molar-refractivity contribution is 7.18. The van der Waals surface area contributed by atoms with Crippen LogP contribution in [0.2, 0.25) is 0 Å². The predicted octanol–water partition coefficient (Wildman–Crippen LogP) is 4.29. The Morgan fingerprint density at radius 1 is 1.12 bits per heavy atom. The van der Waals surface area contributed by atoms with E-state index in [0.717, 1.165) is 15.2 Å². The third-order valence-corrected chi connectivity index (χ3v) is 5.35. The third-order valence-electron chi connectivity index (χ3n) is 4.14. The summed E-state index contributed by atoms with van der Waals surface area (Å²) in [6.07, 6.45) is 0. The molecule has 0 aliphatic heterocycles. The number of thiazole rings is 1. The van der Waals surface area contributed by atoms with Crippen molar-refractivity contribution in [3.8, 4) is 11.5 Å². The highest BCUT2D eigenvalue weighted by atomic mass is 32.1. The fraction of sp³-hybridized carbons (Fsp3) is 0.300.